The van der Waals surface area contributed by atoms with Crippen LogP contribution in [-0.4, -0.2) is 20.5 Å². The van der Waals surface area contributed by atoms with E-state index in [-0.39, 0.29) is 17.2 Å². The van der Waals surface area contributed by atoms with Gasteiger partial charge in [0.1, 0.15) is 23.0 Å². The molecule has 1 amide bonds. The van der Waals surface area contributed by atoms with Crippen molar-refractivity contribution < 1.29 is 9.21 Å². The predicted octanol–water partition coefficient (Wildman–Crippen LogP) is 1.92. The van der Waals surface area contributed by atoms with E-state index >= 15 is 0 Å². The average molecular weight is 304 g/mol. The Labute approximate surface area is 123 Å². The summed E-state index contributed by atoms with van der Waals surface area (Å²) in [5, 5.41) is 8.56. The van der Waals surface area contributed by atoms with Crippen molar-refractivity contribution in [3.8, 4) is 0 Å². The van der Waals surface area contributed by atoms with E-state index in [2.05, 4.69) is 15.4 Å². The largest absolute Gasteiger partial charge is 0.466 e. The second-order valence-corrected chi connectivity index (χ2v) is 5.44. The number of nitrogens with zero attached hydrogens (tertiary/aromatic N) is 3. The van der Waals surface area contributed by atoms with E-state index in [1.807, 2.05) is 0 Å². The molecule has 0 spiro atoms. The fourth-order valence-electron chi connectivity index (χ4n) is 1.96. The summed E-state index contributed by atoms with van der Waals surface area (Å²) in [5.41, 5.74) is 0.380. The monoisotopic (exact) mass is 304 g/mol. The van der Waals surface area contributed by atoms with Gasteiger partial charge in [0.15, 0.2) is 0 Å². The third-order valence-electron chi connectivity index (χ3n) is 2.97. The van der Waals surface area contributed by atoms with E-state index in [0.29, 0.717) is 27.9 Å². The lowest BCUT2D eigenvalue weighted by Crippen LogP contribution is -2.18. The van der Waals surface area contributed by atoms with Gasteiger partial charge in [-0.05, 0) is 26.8 Å². The molecule has 0 aliphatic rings. The Balaban J connectivity index is 1.98. The lowest BCUT2D eigenvalue weighted by atomic mass is 10.2. The maximum Gasteiger partial charge on any atom is 0.295 e. The van der Waals surface area contributed by atoms with Crippen molar-refractivity contribution in [2.75, 3.05) is 5.32 Å². The van der Waals surface area contributed by atoms with Crippen molar-refractivity contribution in [3.05, 3.63) is 44.6 Å². The van der Waals surface area contributed by atoms with Crippen molar-refractivity contribution in [3.63, 3.8) is 0 Å². The molecule has 7 nitrogen and oxygen atoms in total. The van der Waals surface area contributed by atoms with E-state index < -0.39 is 0 Å². The Morgan fingerprint density at radius 3 is 2.81 bits per heavy atom. The first-order valence-electron chi connectivity index (χ1n) is 6.19. The molecule has 3 aromatic heterocycles. The number of anilines is 1. The maximum atomic E-state index is 12.3. The molecule has 0 aliphatic carbocycles. The zero-order valence-electron chi connectivity index (χ0n) is 11.6. The van der Waals surface area contributed by atoms with Gasteiger partial charge in [-0.2, -0.15) is 14.6 Å². The molecule has 3 rings (SSSR count). The fourth-order valence-corrected chi connectivity index (χ4v) is 2.72. The van der Waals surface area contributed by atoms with Crippen LogP contribution in [0.2, 0.25) is 0 Å². The summed E-state index contributed by atoms with van der Waals surface area (Å²) in [5.74, 6) is 1.40. The smallest absolute Gasteiger partial charge is 0.295 e. The number of carbonyl (C=O) groups is 1. The highest BCUT2D eigenvalue weighted by Gasteiger charge is 2.16. The molecule has 3 heterocycles. The van der Waals surface area contributed by atoms with Crippen LogP contribution in [0.15, 0.2) is 20.7 Å². The van der Waals surface area contributed by atoms with Crippen molar-refractivity contribution >= 4 is 28.0 Å². The number of aryl methyl sites for hydroxylation is 3. The molecule has 0 fully saturated rings. The summed E-state index contributed by atoms with van der Waals surface area (Å²) in [6.45, 7) is 5.09. The van der Waals surface area contributed by atoms with Crippen LogP contribution in [0.3, 0.4) is 0 Å². The molecule has 108 valence electrons. The molecule has 0 saturated heterocycles. The van der Waals surface area contributed by atoms with Gasteiger partial charge in [-0.15, -0.1) is 11.3 Å². The lowest BCUT2D eigenvalue weighted by Gasteiger charge is -2.03. The van der Waals surface area contributed by atoms with Crippen LogP contribution in [-0.2, 0) is 0 Å². The van der Waals surface area contributed by atoms with Crippen LogP contribution in [0.1, 0.15) is 27.6 Å². The fraction of sp³-hybridized carbons (Fsp3) is 0.231. The molecule has 0 bridgehead atoms. The van der Waals surface area contributed by atoms with Gasteiger partial charge in [0.2, 0.25) is 4.96 Å². The third-order valence-corrected chi connectivity index (χ3v) is 3.79. The lowest BCUT2D eigenvalue weighted by molar-refractivity contribution is 0.102. The number of aromatic nitrogens is 3. The first-order valence-corrected chi connectivity index (χ1v) is 7.07. The van der Waals surface area contributed by atoms with Crippen LogP contribution in [0.4, 0.5) is 5.82 Å². The minimum Gasteiger partial charge on any atom is -0.466 e. The molecule has 0 radical (unpaired) electrons. The minimum absolute atomic E-state index is 0.275. The van der Waals surface area contributed by atoms with Gasteiger partial charge in [0.05, 0.1) is 5.56 Å². The summed E-state index contributed by atoms with van der Waals surface area (Å²) < 4.78 is 6.79. The number of hydrogen-bond acceptors (Lipinski definition) is 6. The third kappa shape index (κ3) is 2.33. The summed E-state index contributed by atoms with van der Waals surface area (Å²) in [6.07, 6.45) is 0. The summed E-state index contributed by atoms with van der Waals surface area (Å²) in [4.78, 5) is 28.0. The standard InChI is InChI=1S/C13H12N4O3S/c1-6-4-9(8(3)20-6)12(19)14-10-5-21-13-15-11(18)7(2)16-17(10)13/h4-5H,1-3H3,(H,14,19). The van der Waals surface area contributed by atoms with Gasteiger partial charge < -0.3 is 9.73 Å². The van der Waals surface area contributed by atoms with Crippen LogP contribution >= 0.6 is 11.3 Å². The van der Waals surface area contributed by atoms with Crippen LogP contribution in [0.25, 0.3) is 4.96 Å². The van der Waals surface area contributed by atoms with Crippen LogP contribution in [0.5, 0.6) is 0 Å². The maximum absolute atomic E-state index is 12.3. The minimum atomic E-state index is -0.365. The topological polar surface area (TPSA) is 89.5 Å². The number of furan rings is 1. The number of rotatable bonds is 2. The highest BCUT2D eigenvalue weighted by molar-refractivity contribution is 7.15. The SMILES string of the molecule is Cc1cc(C(=O)Nc2csc3nc(=O)c(C)nn23)c(C)o1. The van der Waals surface area contributed by atoms with Crippen molar-refractivity contribution in [1.82, 2.24) is 14.6 Å². The molecular formula is C13H12N4O3S. The summed E-state index contributed by atoms with van der Waals surface area (Å²) >= 11 is 1.23. The van der Waals surface area contributed by atoms with E-state index in [1.54, 1.807) is 32.2 Å². The molecule has 0 aliphatic heterocycles. The number of thiazole rings is 1. The van der Waals surface area contributed by atoms with Gasteiger partial charge in [-0.3, -0.25) is 9.59 Å². The first-order chi connectivity index (χ1) is 9.95. The molecular weight excluding hydrogens is 292 g/mol. The summed E-state index contributed by atoms with van der Waals surface area (Å²) in [7, 11) is 0. The van der Waals surface area contributed by atoms with Crippen molar-refractivity contribution in [1.29, 1.82) is 0 Å². The highest BCUT2D eigenvalue weighted by Crippen LogP contribution is 2.19. The molecule has 1 N–H and O–H groups in total. The van der Waals surface area contributed by atoms with Crippen LogP contribution in [0, 0.1) is 20.8 Å². The van der Waals surface area contributed by atoms with Gasteiger partial charge in [-0.1, -0.05) is 0 Å². The second-order valence-electron chi connectivity index (χ2n) is 4.60. The van der Waals surface area contributed by atoms with Crippen molar-refractivity contribution in [2.45, 2.75) is 20.8 Å². The van der Waals surface area contributed by atoms with Gasteiger partial charge in [0, 0.05) is 5.38 Å². The number of nitrogens with one attached hydrogen (secondary N) is 1. The normalized spacial score (nSPS) is 11.0. The average Bonchev–Trinajstić information content (AvgIpc) is 2.94. The number of amides is 1. The number of hydrogen-bond donors (Lipinski definition) is 1. The Bertz CT molecular complexity index is 906. The zero-order chi connectivity index (χ0) is 15.1. The summed E-state index contributed by atoms with van der Waals surface area (Å²) in [6, 6.07) is 1.68. The molecule has 3 aromatic rings. The quantitative estimate of drug-likeness (QED) is 0.781. The van der Waals surface area contributed by atoms with Crippen LogP contribution < -0.4 is 10.9 Å². The molecule has 21 heavy (non-hydrogen) atoms. The van der Waals surface area contributed by atoms with Crippen molar-refractivity contribution in [2.24, 2.45) is 0 Å². The van der Waals surface area contributed by atoms with Gasteiger partial charge >= 0.3 is 0 Å². The molecule has 0 saturated carbocycles. The Hall–Kier alpha value is -2.48. The molecule has 0 unspecified atom stereocenters. The highest BCUT2D eigenvalue weighted by atomic mass is 32.1. The second kappa shape index (κ2) is 4.81. The Kier molecular flexibility index (Phi) is 3.09. The molecule has 0 aromatic carbocycles. The van der Waals surface area contributed by atoms with Gasteiger partial charge in [0.25, 0.3) is 11.5 Å². The van der Waals surface area contributed by atoms with E-state index in [4.69, 9.17) is 4.42 Å². The number of fused-ring (bicyclic) bond motifs is 1. The Morgan fingerprint density at radius 2 is 2.14 bits per heavy atom. The Morgan fingerprint density at radius 1 is 1.38 bits per heavy atom. The van der Waals surface area contributed by atoms with Gasteiger partial charge in [-0.25, -0.2) is 0 Å². The molecule has 0 atom stereocenters. The number of carbonyl (C=O) groups excluding carboxylic acids is 1. The van der Waals surface area contributed by atoms with E-state index in [0.717, 1.165) is 0 Å². The first kappa shape index (κ1) is 13.5. The predicted molar refractivity (Wildman–Crippen MR) is 78.0 cm³/mol. The van der Waals surface area contributed by atoms with E-state index in [9.17, 15) is 9.59 Å². The zero-order valence-corrected chi connectivity index (χ0v) is 12.4. The molecule has 8 heteroatoms. The van der Waals surface area contributed by atoms with E-state index in [1.165, 1.54) is 15.9 Å².